The molecular weight excluding hydrogens is 185 g/mol. The molecule has 6 heteroatoms. The molecule has 13 heavy (non-hydrogen) atoms. The predicted octanol–water partition coefficient (Wildman–Crippen LogP) is 0.454. The van der Waals surface area contributed by atoms with E-state index in [0.717, 1.165) is 4.90 Å². The summed E-state index contributed by atoms with van der Waals surface area (Å²) in [6.45, 7) is -0.500. The number of nitrogens with two attached hydrogens (primary N) is 1. The van der Waals surface area contributed by atoms with E-state index in [0.29, 0.717) is 0 Å². The fraction of sp³-hybridized carbons (Fsp3) is 1.00. The minimum atomic E-state index is -4.17. The normalized spacial score (nSPS) is 15.0. The van der Waals surface area contributed by atoms with Crippen molar-refractivity contribution in [3.8, 4) is 0 Å². The summed E-state index contributed by atoms with van der Waals surface area (Å²) in [7, 11) is 2.84. The molecule has 0 radical (unpaired) electrons. The van der Waals surface area contributed by atoms with E-state index in [1.165, 1.54) is 14.2 Å². The number of ether oxygens (including phenoxy) is 1. The van der Waals surface area contributed by atoms with E-state index in [9.17, 15) is 13.2 Å². The van der Waals surface area contributed by atoms with Gasteiger partial charge in [-0.1, -0.05) is 0 Å². The van der Waals surface area contributed by atoms with Gasteiger partial charge in [0.1, 0.15) is 0 Å². The summed E-state index contributed by atoms with van der Waals surface area (Å²) in [5.41, 5.74) is 5.47. The molecule has 0 heterocycles. The van der Waals surface area contributed by atoms with E-state index in [-0.39, 0.29) is 19.2 Å². The number of alkyl halides is 3. The molecule has 0 saturated carbocycles. The molecule has 0 rings (SSSR count). The molecule has 0 aliphatic carbocycles. The minimum absolute atomic E-state index is 0.174. The Hall–Kier alpha value is -0.330. The van der Waals surface area contributed by atoms with Crippen LogP contribution >= 0.6 is 0 Å². The molecule has 0 amide bonds. The highest BCUT2D eigenvalue weighted by Crippen LogP contribution is 2.15. The number of nitrogens with zero attached hydrogens (tertiary/aromatic N) is 1. The third-order valence-electron chi connectivity index (χ3n) is 1.38. The van der Waals surface area contributed by atoms with Gasteiger partial charge >= 0.3 is 6.18 Å². The molecule has 1 unspecified atom stereocenters. The third kappa shape index (κ3) is 8.01. The van der Waals surface area contributed by atoms with Crippen LogP contribution in [0.3, 0.4) is 0 Å². The largest absolute Gasteiger partial charge is 0.401 e. The Balaban J connectivity index is 3.67. The van der Waals surface area contributed by atoms with Crippen molar-refractivity contribution in [1.82, 2.24) is 4.90 Å². The van der Waals surface area contributed by atoms with Gasteiger partial charge in [0.15, 0.2) is 0 Å². The number of methoxy groups -OCH3 is 1. The van der Waals surface area contributed by atoms with Crippen LogP contribution in [0.25, 0.3) is 0 Å². The molecule has 3 nitrogen and oxygen atoms in total. The van der Waals surface area contributed by atoms with E-state index >= 15 is 0 Å². The first-order valence-electron chi connectivity index (χ1n) is 3.85. The Kier molecular flexibility index (Phi) is 5.27. The standard InChI is InChI=1S/C7H15F3N2O/c1-12(5-7(8,9)10)3-6(11)4-13-2/h6H,3-5,11H2,1-2H3. The molecule has 0 aromatic carbocycles. The number of rotatable bonds is 5. The maximum atomic E-state index is 11.8. The Bertz CT molecular complexity index is 140. The van der Waals surface area contributed by atoms with Crippen LogP contribution in [-0.2, 0) is 4.74 Å². The Morgan fingerprint density at radius 2 is 2.00 bits per heavy atom. The van der Waals surface area contributed by atoms with Crippen molar-refractivity contribution >= 4 is 0 Å². The first kappa shape index (κ1) is 12.7. The van der Waals surface area contributed by atoms with E-state index in [2.05, 4.69) is 0 Å². The summed E-state index contributed by atoms with van der Waals surface area (Å²) in [5, 5.41) is 0. The molecule has 0 aromatic heterocycles. The second kappa shape index (κ2) is 5.41. The predicted molar refractivity (Wildman–Crippen MR) is 43.4 cm³/mol. The van der Waals surface area contributed by atoms with Crippen molar-refractivity contribution in [2.24, 2.45) is 5.73 Å². The van der Waals surface area contributed by atoms with Gasteiger partial charge in [-0.15, -0.1) is 0 Å². The van der Waals surface area contributed by atoms with Crippen LogP contribution in [0.2, 0.25) is 0 Å². The summed E-state index contributed by atoms with van der Waals surface area (Å²) in [6, 6.07) is -0.377. The smallest absolute Gasteiger partial charge is 0.383 e. The van der Waals surface area contributed by atoms with Gasteiger partial charge in [-0.2, -0.15) is 13.2 Å². The SMILES string of the molecule is COCC(N)CN(C)CC(F)(F)F. The van der Waals surface area contributed by atoms with Crippen LogP contribution in [-0.4, -0.2) is 51.0 Å². The summed E-state index contributed by atoms with van der Waals surface area (Å²) < 4.78 is 40.2. The zero-order valence-corrected chi connectivity index (χ0v) is 7.77. The van der Waals surface area contributed by atoms with Gasteiger partial charge in [-0.25, -0.2) is 0 Å². The van der Waals surface area contributed by atoms with Crippen LogP contribution in [0.5, 0.6) is 0 Å². The fourth-order valence-electron chi connectivity index (χ4n) is 1.04. The Labute approximate surface area is 75.6 Å². The molecule has 0 aromatic rings. The van der Waals surface area contributed by atoms with E-state index in [4.69, 9.17) is 10.5 Å². The summed E-state index contributed by atoms with van der Waals surface area (Å²) in [6.07, 6.45) is -4.17. The van der Waals surface area contributed by atoms with E-state index in [1.807, 2.05) is 0 Å². The first-order valence-corrected chi connectivity index (χ1v) is 3.85. The number of likely N-dealkylation sites (N-methyl/N-ethyl adjacent to an activating group) is 1. The highest BCUT2D eigenvalue weighted by molar-refractivity contribution is 4.67. The van der Waals surface area contributed by atoms with Crippen LogP contribution in [0.15, 0.2) is 0 Å². The summed E-state index contributed by atoms with van der Waals surface area (Å²) in [4.78, 5) is 1.13. The fourth-order valence-corrected chi connectivity index (χ4v) is 1.04. The van der Waals surface area contributed by atoms with E-state index < -0.39 is 12.7 Å². The molecule has 0 saturated heterocycles. The summed E-state index contributed by atoms with van der Waals surface area (Å²) >= 11 is 0. The highest BCUT2D eigenvalue weighted by atomic mass is 19.4. The molecule has 0 spiro atoms. The maximum absolute atomic E-state index is 11.8. The first-order chi connectivity index (χ1) is 5.85. The monoisotopic (exact) mass is 200 g/mol. The lowest BCUT2D eigenvalue weighted by atomic mass is 10.3. The Morgan fingerprint density at radius 3 is 2.38 bits per heavy atom. The average Bonchev–Trinajstić information content (AvgIpc) is 1.81. The quantitative estimate of drug-likeness (QED) is 0.700. The van der Waals surface area contributed by atoms with Crippen molar-refractivity contribution in [3.63, 3.8) is 0 Å². The topological polar surface area (TPSA) is 38.5 Å². The molecule has 0 aliphatic rings. The van der Waals surface area contributed by atoms with Gasteiger partial charge in [-0.3, -0.25) is 4.90 Å². The van der Waals surface area contributed by atoms with Crippen molar-refractivity contribution < 1.29 is 17.9 Å². The zero-order valence-electron chi connectivity index (χ0n) is 7.77. The lowest BCUT2D eigenvalue weighted by Crippen LogP contribution is -2.42. The maximum Gasteiger partial charge on any atom is 0.401 e. The Morgan fingerprint density at radius 1 is 1.46 bits per heavy atom. The number of hydrogen-bond acceptors (Lipinski definition) is 3. The van der Waals surface area contributed by atoms with Gasteiger partial charge in [0.2, 0.25) is 0 Å². The van der Waals surface area contributed by atoms with Gasteiger partial charge in [0.05, 0.1) is 13.2 Å². The lowest BCUT2D eigenvalue weighted by molar-refractivity contribution is -0.143. The molecule has 0 fully saturated rings. The minimum Gasteiger partial charge on any atom is -0.383 e. The molecule has 2 N–H and O–H groups in total. The summed E-state index contributed by atoms with van der Waals surface area (Å²) in [5.74, 6) is 0. The average molecular weight is 200 g/mol. The molecule has 1 atom stereocenters. The molecular formula is C7H15F3N2O. The lowest BCUT2D eigenvalue weighted by Gasteiger charge is -2.21. The highest BCUT2D eigenvalue weighted by Gasteiger charge is 2.29. The molecule has 0 bridgehead atoms. The van der Waals surface area contributed by atoms with Gasteiger partial charge < -0.3 is 10.5 Å². The van der Waals surface area contributed by atoms with Crippen molar-refractivity contribution in [2.45, 2.75) is 12.2 Å². The second-order valence-electron chi connectivity index (χ2n) is 3.03. The van der Waals surface area contributed by atoms with Gasteiger partial charge in [0.25, 0.3) is 0 Å². The van der Waals surface area contributed by atoms with Gasteiger partial charge in [-0.05, 0) is 7.05 Å². The molecule has 80 valence electrons. The van der Waals surface area contributed by atoms with Crippen molar-refractivity contribution in [1.29, 1.82) is 0 Å². The number of hydrogen-bond donors (Lipinski definition) is 1. The van der Waals surface area contributed by atoms with E-state index in [1.54, 1.807) is 0 Å². The van der Waals surface area contributed by atoms with Gasteiger partial charge in [0, 0.05) is 19.7 Å². The number of halogens is 3. The van der Waals surface area contributed by atoms with Crippen molar-refractivity contribution in [3.05, 3.63) is 0 Å². The van der Waals surface area contributed by atoms with Crippen LogP contribution in [0, 0.1) is 0 Å². The zero-order chi connectivity index (χ0) is 10.5. The second-order valence-corrected chi connectivity index (χ2v) is 3.03. The van der Waals surface area contributed by atoms with Crippen LogP contribution < -0.4 is 5.73 Å². The van der Waals surface area contributed by atoms with Crippen LogP contribution in [0.4, 0.5) is 13.2 Å². The molecule has 0 aliphatic heterocycles. The third-order valence-corrected chi connectivity index (χ3v) is 1.38. The van der Waals surface area contributed by atoms with Crippen LogP contribution in [0.1, 0.15) is 0 Å². The van der Waals surface area contributed by atoms with Crippen molar-refractivity contribution in [2.75, 3.05) is 33.9 Å².